The summed E-state index contributed by atoms with van der Waals surface area (Å²) in [7, 11) is 3.04. The summed E-state index contributed by atoms with van der Waals surface area (Å²) in [5, 5.41) is 6.82. The Kier molecular flexibility index (Phi) is 6.51. The van der Waals surface area contributed by atoms with Crippen LogP contribution in [0.5, 0.6) is 11.5 Å². The number of rotatable bonds is 7. The third-order valence-corrected chi connectivity index (χ3v) is 5.25. The molecule has 0 atom stereocenters. The highest BCUT2D eigenvalue weighted by atomic mass is 35.5. The molecular weight excluding hydrogens is 444 g/mol. The lowest BCUT2D eigenvalue weighted by Gasteiger charge is -2.12. The number of ether oxygens (including phenoxy) is 2. The number of halogens is 1. The average Bonchev–Trinajstić information content (AvgIpc) is 3.19. The van der Waals surface area contributed by atoms with Crippen LogP contribution in [0.15, 0.2) is 71.1 Å². The van der Waals surface area contributed by atoms with E-state index in [-0.39, 0.29) is 18.1 Å². The predicted molar refractivity (Wildman–Crippen MR) is 127 cm³/mol. The average molecular weight is 465 g/mol. The fraction of sp³-hybridized carbons (Fsp3) is 0.120. The smallest absolute Gasteiger partial charge is 0.293 e. The molecule has 0 saturated heterocycles. The second-order valence-corrected chi connectivity index (χ2v) is 7.61. The molecule has 2 N–H and O–H groups in total. The number of fused-ring (bicyclic) bond motifs is 1. The van der Waals surface area contributed by atoms with Crippen LogP contribution in [0.2, 0.25) is 5.02 Å². The Morgan fingerprint density at radius 3 is 2.42 bits per heavy atom. The monoisotopic (exact) mass is 464 g/mol. The van der Waals surface area contributed by atoms with Crippen molar-refractivity contribution in [2.45, 2.75) is 6.42 Å². The van der Waals surface area contributed by atoms with Gasteiger partial charge >= 0.3 is 0 Å². The van der Waals surface area contributed by atoms with Crippen LogP contribution in [0.3, 0.4) is 0 Å². The molecular formula is C25H21ClN2O5. The van der Waals surface area contributed by atoms with Gasteiger partial charge in [0.25, 0.3) is 5.91 Å². The number of carbonyl (C=O) groups is 2. The van der Waals surface area contributed by atoms with Crippen molar-refractivity contribution in [3.05, 3.63) is 83.1 Å². The lowest BCUT2D eigenvalue weighted by atomic mass is 10.1. The van der Waals surface area contributed by atoms with Gasteiger partial charge in [0.2, 0.25) is 11.7 Å². The van der Waals surface area contributed by atoms with Gasteiger partial charge in [-0.3, -0.25) is 9.59 Å². The molecule has 0 aliphatic heterocycles. The van der Waals surface area contributed by atoms with E-state index in [1.807, 2.05) is 0 Å². The minimum Gasteiger partial charge on any atom is -0.497 e. The Bertz CT molecular complexity index is 1310. The first-order chi connectivity index (χ1) is 16.0. The number of para-hydroxylation sites is 1. The Hall–Kier alpha value is -3.97. The van der Waals surface area contributed by atoms with Gasteiger partial charge in [0, 0.05) is 16.5 Å². The molecule has 2 amide bonds. The van der Waals surface area contributed by atoms with Crippen molar-refractivity contribution in [3.8, 4) is 11.5 Å². The fourth-order valence-electron chi connectivity index (χ4n) is 3.38. The molecule has 33 heavy (non-hydrogen) atoms. The quantitative estimate of drug-likeness (QED) is 0.375. The van der Waals surface area contributed by atoms with E-state index in [2.05, 4.69) is 10.6 Å². The molecule has 0 fully saturated rings. The molecule has 0 aliphatic rings. The van der Waals surface area contributed by atoms with Gasteiger partial charge in [0.1, 0.15) is 22.8 Å². The number of hydrogen-bond donors (Lipinski definition) is 2. The fourth-order valence-corrected chi connectivity index (χ4v) is 3.51. The molecule has 8 heteroatoms. The van der Waals surface area contributed by atoms with Gasteiger partial charge in [0.05, 0.1) is 26.3 Å². The van der Waals surface area contributed by atoms with E-state index in [0.29, 0.717) is 38.9 Å². The van der Waals surface area contributed by atoms with Crippen molar-refractivity contribution in [2.24, 2.45) is 0 Å². The van der Waals surface area contributed by atoms with Crippen LogP contribution < -0.4 is 20.1 Å². The van der Waals surface area contributed by atoms with E-state index in [1.54, 1.807) is 73.8 Å². The predicted octanol–water partition coefficient (Wildman–Crippen LogP) is 5.54. The maximum Gasteiger partial charge on any atom is 0.293 e. The molecule has 0 bridgehead atoms. The van der Waals surface area contributed by atoms with Crippen LogP contribution in [-0.2, 0) is 11.2 Å². The number of furan rings is 1. The van der Waals surface area contributed by atoms with Crippen molar-refractivity contribution in [2.75, 3.05) is 24.9 Å². The maximum absolute atomic E-state index is 13.1. The Morgan fingerprint density at radius 2 is 1.70 bits per heavy atom. The second-order valence-electron chi connectivity index (χ2n) is 7.17. The van der Waals surface area contributed by atoms with Gasteiger partial charge in [-0.2, -0.15) is 0 Å². The normalized spacial score (nSPS) is 10.6. The van der Waals surface area contributed by atoms with Gasteiger partial charge in [-0.25, -0.2) is 0 Å². The zero-order valence-electron chi connectivity index (χ0n) is 18.0. The Balaban J connectivity index is 1.62. The zero-order valence-corrected chi connectivity index (χ0v) is 18.7. The second kappa shape index (κ2) is 9.67. The topological polar surface area (TPSA) is 89.8 Å². The molecule has 3 aromatic carbocycles. The molecule has 0 spiro atoms. The number of anilines is 2. The van der Waals surface area contributed by atoms with Gasteiger partial charge in [0.15, 0.2) is 0 Å². The molecule has 168 valence electrons. The summed E-state index contributed by atoms with van der Waals surface area (Å²) in [5.74, 6) is 0.172. The van der Waals surface area contributed by atoms with Crippen molar-refractivity contribution >= 4 is 45.8 Å². The van der Waals surface area contributed by atoms with E-state index < -0.39 is 5.91 Å². The zero-order chi connectivity index (χ0) is 23.4. The van der Waals surface area contributed by atoms with Crippen molar-refractivity contribution < 1.29 is 23.5 Å². The highest BCUT2D eigenvalue weighted by Gasteiger charge is 2.23. The summed E-state index contributed by atoms with van der Waals surface area (Å²) in [6.07, 6.45) is 0.115. The lowest BCUT2D eigenvalue weighted by Crippen LogP contribution is -2.18. The summed E-state index contributed by atoms with van der Waals surface area (Å²) < 4.78 is 16.4. The molecule has 1 heterocycles. The largest absolute Gasteiger partial charge is 0.497 e. The first kappa shape index (κ1) is 22.2. The van der Waals surface area contributed by atoms with E-state index >= 15 is 0 Å². The van der Waals surface area contributed by atoms with E-state index in [1.165, 1.54) is 7.11 Å². The van der Waals surface area contributed by atoms with E-state index in [4.69, 9.17) is 25.5 Å². The lowest BCUT2D eigenvalue weighted by molar-refractivity contribution is -0.115. The standard InChI is InChI=1S/C25H21ClN2O5/c1-31-17-11-12-19(21(14-17)32-2)27-25(30)24-23(18-5-3-4-6-20(18)33-24)28-22(29)13-15-7-9-16(26)10-8-15/h3-12,14H,13H2,1-2H3,(H,27,30)(H,28,29). The summed E-state index contributed by atoms with van der Waals surface area (Å²) in [5.41, 5.74) is 2.00. The molecule has 0 aliphatic carbocycles. The van der Waals surface area contributed by atoms with Gasteiger partial charge in [-0.05, 0) is 42.0 Å². The number of carbonyl (C=O) groups excluding carboxylic acids is 2. The minimum absolute atomic E-state index is 0.0153. The maximum atomic E-state index is 13.1. The summed E-state index contributed by atoms with van der Waals surface area (Å²) in [6, 6.07) is 19.1. The van der Waals surface area contributed by atoms with Crippen LogP contribution in [0.4, 0.5) is 11.4 Å². The molecule has 4 rings (SSSR count). The Labute approximate surface area is 195 Å². The molecule has 0 radical (unpaired) electrons. The number of hydrogen-bond acceptors (Lipinski definition) is 5. The summed E-state index contributed by atoms with van der Waals surface area (Å²) in [4.78, 5) is 25.9. The van der Waals surface area contributed by atoms with Gasteiger partial charge in [-0.15, -0.1) is 0 Å². The number of nitrogens with one attached hydrogen (secondary N) is 2. The van der Waals surface area contributed by atoms with Crippen LogP contribution in [0.1, 0.15) is 16.1 Å². The number of benzene rings is 3. The van der Waals surface area contributed by atoms with Crippen molar-refractivity contribution in [1.29, 1.82) is 0 Å². The molecule has 0 unspecified atom stereocenters. The molecule has 1 aromatic heterocycles. The van der Waals surface area contributed by atoms with Gasteiger partial charge < -0.3 is 24.5 Å². The highest BCUT2D eigenvalue weighted by Crippen LogP contribution is 2.34. The first-order valence-electron chi connectivity index (χ1n) is 10.1. The van der Waals surface area contributed by atoms with Crippen LogP contribution in [-0.4, -0.2) is 26.0 Å². The highest BCUT2D eigenvalue weighted by molar-refractivity contribution is 6.30. The van der Waals surface area contributed by atoms with E-state index in [9.17, 15) is 9.59 Å². The van der Waals surface area contributed by atoms with Crippen LogP contribution in [0.25, 0.3) is 11.0 Å². The minimum atomic E-state index is -0.531. The molecule has 7 nitrogen and oxygen atoms in total. The third kappa shape index (κ3) is 4.94. The Morgan fingerprint density at radius 1 is 0.939 bits per heavy atom. The summed E-state index contributed by atoms with van der Waals surface area (Å²) in [6.45, 7) is 0. The summed E-state index contributed by atoms with van der Waals surface area (Å²) >= 11 is 5.92. The van der Waals surface area contributed by atoms with Gasteiger partial charge in [-0.1, -0.05) is 35.9 Å². The van der Waals surface area contributed by atoms with Crippen LogP contribution in [0, 0.1) is 0 Å². The SMILES string of the molecule is COc1ccc(NC(=O)c2oc3ccccc3c2NC(=O)Cc2ccc(Cl)cc2)c(OC)c1. The first-order valence-corrected chi connectivity index (χ1v) is 10.5. The van der Waals surface area contributed by atoms with Crippen LogP contribution >= 0.6 is 11.6 Å². The van der Waals surface area contributed by atoms with Crippen molar-refractivity contribution in [3.63, 3.8) is 0 Å². The molecule has 0 saturated carbocycles. The number of amides is 2. The van der Waals surface area contributed by atoms with E-state index in [0.717, 1.165) is 5.56 Å². The molecule has 4 aromatic rings. The number of methoxy groups -OCH3 is 2. The van der Waals surface area contributed by atoms with Crippen molar-refractivity contribution in [1.82, 2.24) is 0 Å². The third-order valence-electron chi connectivity index (χ3n) is 5.00.